The highest BCUT2D eigenvalue weighted by Gasteiger charge is 2.29. The summed E-state index contributed by atoms with van der Waals surface area (Å²) in [5, 5.41) is 3.51. The molecule has 1 aromatic carbocycles. The molecule has 1 fully saturated rings. The molecule has 2 rings (SSSR count). The van der Waals surface area contributed by atoms with E-state index in [9.17, 15) is 8.78 Å². The average molecular weight is 282 g/mol. The molecule has 1 heterocycles. The van der Waals surface area contributed by atoms with Gasteiger partial charge in [0.25, 0.3) is 0 Å². The zero-order valence-corrected chi connectivity index (χ0v) is 12.8. The third kappa shape index (κ3) is 3.29. The van der Waals surface area contributed by atoms with Crippen molar-refractivity contribution >= 4 is 5.69 Å². The molecule has 0 amide bonds. The van der Waals surface area contributed by atoms with E-state index < -0.39 is 0 Å². The average Bonchev–Trinajstić information content (AvgIpc) is 2.59. The van der Waals surface area contributed by atoms with Crippen molar-refractivity contribution in [2.24, 2.45) is 5.41 Å². The Kier molecular flexibility index (Phi) is 4.33. The summed E-state index contributed by atoms with van der Waals surface area (Å²) < 4.78 is 27.9. The number of hydrogen-bond donors (Lipinski definition) is 1. The van der Waals surface area contributed by atoms with Crippen LogP contribution in [0.5, 0.6) is 0 Å². The van der Waals surface area contributed by atoms with Crippen LogP contribution in [0.15, 0.2) is 12.1 Å². The van der Waals surface area contributed by atoms with Gasteiger partial charge in [0.2, 0.25) is 0 Å². The van der Waals surface area contributed by atoms with Crippen molar-refractivity contribution in [3.63, 3.8) is 0 Å². The number of benzene rings is 1. The Bertz CT molecular complexity index is 480. The van der Waals surface area contributed by atoms with Crippen LogP contribution in [0.2, 0.25) is 0 Å². The number of aryl methyl sites for hydroxylation is 1. The smallest absolute Gasteiger partial charge is 0.146 e. The molecular formula is C16H24F2N2. The minimum absolute atomic E-state index is 0.0856. The molecule has 0 spiro atoms. The van der Waals surface area contributed by atoms with Crippen LogP contribution < -0.4 is 10.2 Å². The van der Waals surface area contributed by atoms with E-state index in [1.807, 2.05) is 4.90 Å². The standard InChI is InChI=1S/C16H24F2N2/c1-11-8-13(18)14(9-12(11)17)20-7-5-6-19-15(10-20)16(2,3)4/h8-9,15,19H,5-7,10H2,1-4H3. The van der Waals surface area contributed by atoms with Crippen LogP contribution in [0.4, 0.5) is 14.5 Å². The number of rotatable bonds is 1. The van der Waals surface area contributed by atoms with Gasteiger partial charge in [0.15, 0.2) is 0 Å². The fraction of sp³-hybridized carbons (Fsp3) is 0.625. The molecule has 4 heteroatoms. The lowest BCUT2D eigenvalue weighted by Crippen LogP contribution is -2.46. The van der Waals surface area contributed by atoms with Gasteiger partial charge in [-0.2, -0.15) is 0 Å². The summed E-state index contributed by atoms with van der Waals surface area (Å²) in [6, 6.07) is 2.87. The Morgan fingerprint density at radius 2 is 1.90 bits per heavy atom. The predicted octanol–water partition coefficient (Wildman–Crippen LogP) is 3.49. The Labute approximate surface area is 120 Å². The molecule has 0 aromatic heterocycles. The van der Waals surface area contributed by atoms with E-state index in [0.717, 1.165) is 19.5 Å². The highest BCUT2D eigenvalue weighted by atomic mass is 19.1. The molecule has 20 heavy (non-hydrogen) atoms. The second-order valence-corrected chi connectivity index (χ2v) is 6.73. The number of hydrogen-bond acceptors (Lipinski definition) is 2. The number of anilines is 1. The van der Waals surface area contributed by atoms with Crippen LogP contribution in [0.3, 0.4) is 0 Å². The minimum Gasteiger partial charge on any atom is -0.367 e. The summed E-state index contributed by atoms with van der Waals surface area (Å²) in [5.41, 5.74) is 0.820. The topological polar surface area (TPSA) is 15.3 Å². The molecule has 1 atom stereocenters. The first-order valence-corrected chi connectivity index (χ1v) is 7.23. The van der Waals surface area contributed by atoms with Crippen LogP contribution >= 0.6 is 0 Å². The van der Waals surface area contributed by atoms with Gasteiger partial charge >= 0.3 is 0 Å². The summed E-state index contributed by atoms with van der Waals surface area (Å²) in [4.78, 5) is 1.97. The normalized spacial score (nSPS) is 20.9. The van der Waals surface area contributed by atoms with Crippen LogP contribution in [-0.4, -0.2) is 25.7 Å². The van der Waals surface area contributed by atoms with Gasteiger partial charge in [-0.15, -0.1) is 0 Å². The first kappa shape index (κ1) is 15.2. The number of halogens is 2. The zero-order chi connectivity index (χ0) is 14.9. The van der Waals surface area contributed by atoms with Gasteiger partial charge in [0.05, 0.1) is 5.69 Å². The van der Waals surface area contributed by atoms with Crippen LogP contribution in [0.25, 0.3) is 0 Å². The lowest BCUT2D eigenvalue weighted by atomic mass is 9.86. The Hall–Kier alpha value is -1.16. The molecular weight excluding hydrogens is 258 g/mol. The number of nitrogens with zero attached hydrogens (tertiary/aromatic N) is 1. The molecule has 112 valence electrons. The SMILES string of the molecule is Cc1cc(F)c(N2CCCNC(C(C)(C)C)C2)cc1F. The van der Waals surface area contributed by atoms with Gasteiger partial charge < -0.3 is 10.2 Å². The van der Waals surface area contributed by atoms with Crippen LogP contribution in [-0.2, 0) is 0 Å². The number of nitrogens with one attached hydrogen (secondary N) is 1. The van der Waals surface area contributed by atoms with Gasteiger partial charge in [0, 0.05) is 25.2 Å². The predicted molar refractivity (Wildman–Crippen MR) is 79.2 cm³/mol. The van der Waals surface area contributed by atoms with Gasteiger partial charge in [-0.1, -0.05) is 20.8 Å². The Morgan fingerprint density at radius 1 is 1.20 bits per heavy atom. The summed E-state index contributed by atoms with van der Waals surface area (Å²) in [6.07, 6.45) is 0.932. The van der Waals surface area contributed by atoms with Gasteiger partial charge in [-0.05, 0) is 36.9 Å². The lowest BCUT2D eigenvalue weighted by molar-refractivity contribution is 0.280. The van der Waals surface area contributed by atoms with E-state index >= 15 is 0 Å². The van der Waals surface area contributed by atoms with Crippen molar-refractivity contribution in [3.05, 3.63) is 29.3 Å². The van der Waals surface area contributed by atoms with E-state index in [4.69, 9.17) is 0 Å². The minimum atomic E-state index is -0.342. The maximum atomic E-state index is 14.1. The van der Waals surface area contributed by atoms with E-state index in [0.29, 0.717) is 17.8 Å². The molecule has 0 bridgehead atoms. The first-order chi connectivity index (χ1) is 9.29. The zero-order valence-electron chi connectivity index (χ0n) is 12.8. The van der Waals surface area contributed by atoms with Crippen LogP contribution in [0, 0.1) is 24.0 Å². The molecule has 1 N–H and O–H groups in total. The third-order valence-corrected chi connectivity index (χ3v) is 4.01. The second kappa shape index (κ2) is 5.68. The highest BCUT2D eigenvalue weighted by molar-refractivity contribution is 5.50. The van der Waals surface area contributed by atoms with Crippen molar-refractivity contribution in [1.82, 2.24) is 5.32 Å². The first-order valence-electron chi connectivity index (χ1n) is 7.23. The lowest BCUT2D eigenvalue weighted by Gasteiger charge is -2.34. The monoisotopic (exact) mass is 282 g/mol. The van der Waals surface area contributed by atoms with Crippen molar-refractivity contribution in [1.29, 1.82) is 0 Å². The van der Waals surface area contributed by atoms with Crippen molar-refractivity contribution in [2.75, 3.05) is 24.5 Å². The van der Waals surface area contributed by atoms with Gasteiger partial charge in [-0.3, -0.25) is 0 Å². The van der Waals surface area contributed by atoms with Crippen molar-refractivity contribution in [2.45, 2.75) is 40.2 Å². The van der Waals surface area contributed by atoms with Gasteiger partial charge in [0.1, 0.15) is 11.6 Å². The van der Waals surface area contributed by atoms with E-state index in [-0.39, 0.29) is 23.1 Å². The largest absolute Gasteiger partial charge is 0.367 e. The third-order valence-electron chi connectivity index (χ3n) is 4.01. The van der Waals surface area contributed by atoms with E-state index in [1.165, 1.54) is 12.1 Å². The highest BCUT2D eigenvalue weighted by Crippen LogP contribution is 2.27. The fourth-order valence-corrected chi connectivity index (χ4v) is 2.60. The van der Waals surface area contributed by atoms with E-state index in [2.05, 4.69) is 26.1 Å². The Balaban J connectivity index is 2.29. The summed E-state index contributed by atoms with van der Waals surface area (Å²) in [7, 11) is 0. The molecule has 2 nitrogen and oxygen atoms in total. The second-order valence-electron chi connectivity index (χ2n) is 6.73. The molecule has 0 saturated carbocycles. The molecule has 1 unspecified atom stereocenters. The van der Waals surface area contributed by atoms with Crippen LogP contribution in [0.1, 0.15) is 32.8 Å². The maximum Gasteiger partial charge on any atom is 0.146 e. The van der Waals surface area contributed by atoms with Crippen molar-refractivity contribution < 1.29 is 8.78 Å². The molecule has 0 radical (unpaired) electrons. The molecule has 0 aliphatic carbocycles. The maximum absolute atomic E-state index is 14.1. The van der Waals surface area contributed by atoms with E-state index in [1.54, 1.807) is 6.92 Å². The van der Waals surface area contributed by atoms with Gasteiger partial charge in [-0.25, -0.2) is 8.78 Å². The fourth-order valence-electron chi connectivity index (χ4n) is 2.60. The molecule has 1 aromatic rings. The molecule has 1 saturated heterocycles. The molecule has 1 aliphatic heterocycles. The summed E-state index contributed by atoms with van der Waals surface area (Å²) >= 11 is 0. The Morgan fingerprint density at radius 3 is 2.55 bits per heavy atom. The van der Waals surface area contributed by atoms with Crippen molar-refractivity contribution in [3.8, 4) is 0 Å². The summed E-state index contributed by atoms with van der Waals surface area (Å²) in [6.45, 7) is 10.4. The quantitative estimate of drug-likeness (QED) is 0.848. The molecule has 1 aliphatic rings. The summed E-state index contributed by atoms with van der Waals surface area (Å²) in [5.74, 6) is -0.677.